The Hall–Kier alpha value is -0.610. The maximum absolute atomic E-state index is 11.6. The van der Waals surface area contributed by atoms with Gasteiger partial charge in [-0.1, -0.05) is 0 Å². The van der Waals surface area contributed by atoms with Gasteiger partial charge >= 0.3 is 0 Å². The summed E-state index contributed by atoms with van der Waals surface area (Å²) in [4.78, 5) is 11.6. The minimum absolute atomic E-state index is 0.0786. The molecule has 1 aliphatic rings. The van der Waals surface area contributed by atoms with E-state index in [9.17, 15) is 4.79 Å². The minimum Gasteiger partial charge on any atom is -0.381 e. The van der Waals surface area contributed by atoms with Crippen LogP contribution < -0.4 is 10.6 Å². The molecule has 1 heterocycles. The lowest BCUT2D eigenvalue weighted by atomic mass is 9.91. The van der Waals surface area contributed by atoms with Crippen molar-refractivity contribution in [1.29, 1.82) is 0 Å². The van der Waals surface area contributed by atoms with Gasteiger partial charge in [-0.05, 0) is 33.1 Å². The lowest BCUT2D eigenvalue weighted by Crippen LogP contribution is -2.46. The van der Waals surface area contributed by atoms with Gasteiger partial charge in [0.15, 0.2) is 0 Å². The summed E-state index contributed by atoms with van der Waals surface area (Å²) >= 11 is 0. The molecule has 0 aromatic rings. The predicted octanol–water partition coefficient (Wildman–Crippen LogP) is 0.773. The summed E-state index contributed by atoms with van der Waals surface area (Å²) in [6.07, 6.45) is 1.12. The van der Waals surface area contributed by atoms with Crippen LogP contribution in [-0.4, -0.2) is 38.8 Å². The van der Waals surface area contributed by atoms with Crippen LogP contribution in [-0.2, 0) is 9.53 Å². The highest BCUT2D eigenvalue weighted by atomic mass is 16.5. The Labute approximate surface area is 98.1 Å². The molecule has 4 heteroatoms. The van der Waals surface area contributed by atoms with Crippen LogP contribution in [0.2, 0.25) is 0 Å². The first kappa shape index (κ1) is 13.5. The molecule has 0 aromatic heterocycles. The molecule has 1 saturated heterocycles. The van der Waals surface area contributed by atoms with Gasteiger partial charge in [-0.3, -0.25) is 4.79 Å². The third kappa shape index (κ3) is 3.46. The van der Waals surface area contributed by atoms with Crippen molar-refractivity contribution >= 4 is 5.91 Å². The zero-order valence-corrected chi connectivity index (χ0v) is 10.8. The van der Waals surface area contributed by atoms with Crippen LogP contribution in [0.3, 0.4) is 0 Å². The molecule has 0 bridgehead atoms. The van der Waals surface area contributed by atoms with Crippen LogP contribution in [0, 0.1) is 11.3 Å². The van der Waals surface area contributed by atoms with Crippen molar-refractivity contribution < 1.29 is 9.53 Å². The fourth-order valence-corrected chi connectivity index (χ4v) is 1.95. The van der Waals surface area contributed by atoms with Crippen molar-refractivity contribution in [2.75, 3.05) is 26.8 Å². The quantitative estimate of drug-likeness (QED) is 0.731. The molecule has 1 fully saturated rings. The summed E-state index contributed by atoms with van der Waals surface area (Å²) in [5.74, 6) is 0.662. The second kappa shape index (κ2) is 5.64. The van der Waals surface area contributed by atoms with E-state index in [0.29, 0.717) is 18.5 Å². The Balaban J connectivity index is 2.35. The van der Waals surface area contributed by atoms with E-state index in [2.05, 4.69) is 17.6 Å². The van der Waals surface area contributed by atoms with Crippen molar-refractivity contribution in [2.45, 2.75) is 33.2 Å². The molecule has 0 unspecified atom stereocenters. The second-order valence-corrected chi connectivity index (χ2v) is 5.26. The molecule has 1 amide bonds. The van der Waals surface area contributed by atoms with E-state index < -0.39 is 0 Å². The molecule has 16 heavy (non-hydrogen) atoms. The van der Waals surface area contributed by atoms with Crippen molar-refractivity contribution in [2.24, 2.45) is 11.3 Å². The van der Waals surface area contributed by atoms with Crippen molar-refractivity contribution in [3.8, 4) is 0 Å². The smallest absolute Gasteiger partial charge is 0.226 e. The van der Waals surface area contributed by atoms with E-state index in [0.717, 1.165) is 19.6 Å². The molecular formula is C12H24N2O2. The van der Waals surface area contributed by atoms with E-state index in [1.165, 1.54) is 0 Å². The van der Waals surface area contributed by atoms with Crippen molar-refractivity contribution in [3.63, 3.8) is 0 Å². The molecule has 0 radical (unpaired) electrons. The number of amides is 1. The Morgan fingerprint density at radius 2 is 2.25 bits per heavy atom. The average Bonchev–Trinajstić information content (AvgIpc) is 2.78. The highest BCUT2D eigenvalue weighted by Crippen LogP contribution is 2.18. The lowest BCUT2D eigenvalue weighted by molar-refractivity contribution is -0.128. The van der Waals surface area contributed by atoms with E-state index >= 15 is 0 Å². The monoisotopic (exact) mass is 228 g/mol. The Morgan fingerprint density at radius 1 is 1.56 bits per heavy atom. The maximum atomic E-state index is 11.6. The summed E-state index contributed by atoms with van der Waals surface area (Å²) in [6, 6.07) is 0.409. The highest BCUT2D eigenvalue weighted by Gasteiger charge is 2.29. The topological polar surface area (TPSA) is 50.4 Å². The van der Waals surface area contributed by atoms with E-state index in [-0.39, 0.29) is 11.3 Å². The number of rotatable bonds is 5. The first-order valence-electron chi connectivity index (χ1n) is 6.00. The molecule has 94 valence electrons. The molecule has 0 saturated carbocycles. The molecular weight excluding hydrogens is 204 g/mol. The predicted molar refractivity (Wildman–Crippen MR) is 64.2 cm³/mol. The standard InChI is InChI=1S/C12H24N2O2/c1-9(10-5-6-16-7-10)14-8-12(2,3)11(15)13-4/h9-10,14H,5-8H2,1-4H3,(H,13,15)/t9-,10-/m1/s1. The second-order valence-electron chi connectivity index (χ2n) is 5.26. The van der Waals surface area contributed by atoms with Gasteiger partial charge in [0.1, 0.15) is 0 Å². The van der Waals surface area contributed by atoms with Gasteiger partial charge in [0, 0.05) is 26.2 Å². The Morgan fingerprint density at radius 3 is 2.75 bits per heavy atom. The van der Waals surface area contributed by atoms with Crippen LogP contribution in [0.1, 0.15) is 27.2 Å². The molecule has 4 nitrogen and oxygen atoms in total. The van der Waals surface area contributed by atoms with Crippen LogP contribution in [0.25, 0.3) is 0 Å². The highest BCUT2D eigenvalue weighted by molar-refractivity contribution is 5.81. The summed E-state index contributed by atoms with van der Waals surface area (Å²) < 4.78 is 5.36. The fraction of sp³-hybridized carbons (Fsp3) is 0.917. The summed E-state index contributed by atoms with van der Waals surface area (Å²) in [5, 5.41) is 6.13. The first-order chi connectivity index (χ1) is 7.47. The van der Waals surface area contributed by atoms with Gasteiger partial charge in [-0.15, -0.1) is 0 Å². The van der Waals surface area contributed by atoms with Crippen LogP contribution in [0.15, 0.2) is 0 Å². The number of hydrogen-bond acceptors (Lipinski definition) is 3. The molecule has 2 N–H and O–H groups in total. The normalized spacial score (nSPS) is 23.1. The lowest BCUT2D eigenvalue weighted by Gasteiger charge is -2.27. The van der Waals surface area contributed by atoms with Crippen LogP contribution in [0.4, 0.5) is 0 Å². The van der Waals surface area contributed by atoms with Gasteiger partial charge in [0.05, 0.1) is 12.0 Å². The number of carbonyl (C=O) groups is 1. The Bertz CT molecular complexity index is 235. The van der Waals surface area contributed by atoms with Gasteiger partial charge in [0.25, 0.3) is 0 Å². The summed E-state index contributed by atoms with van der Waals surface area (Å²) in [5.41, 5.74) is -0.359. The van der Waals surface area contributed by atoms with Crippen LogP contribution >= 0.6 is 0 Å². The fourth-order valence-electron chi connectivity index (χ4n) is 1.95. The zero-order valence-electron chi connectivity index (χ0n) is 10.8. The first-order valence-corrected chi connectivity index (χ1v) is 6.00. The van der Waals surface area contributed by atoms with Crippen LogP contribution in [0.5, 0.6) is 0 Å². The minimum atomic E-state index is -0.359. The van der Waals surface area contributed by atoms with Gasteiger partial charge < -0.3 is 15.4 Å². The molecule has 1 aliphatic heterocycles. The third-order valence-corrected chi connectivity index (χ3v) is 3.38. The average molecular weight is 228 g/mol. The van der Waals surface area contributed by atoms with Gasteiger partial charge in [-0.2, -0.15) is 0 Å². The van der Waals surface area contributed by atoms with E-state index in [1.54, 1.807) is 7.05 Å². The molecule has 0 aromatic carbocycles. The largest absolute Gasteiger partial charge is 0.381 e. The molecule has 2 atom stereocenters. The zero-order chi connectivity index (χ0) is 12.2. The Kier molecular flexibility index (Phi) is 4.74. The number of ether oxygens (including phenoxy) is 1. The van der Waals surface area contributed by atoms with Crippen molar-refractivity contribution in [1.82, 2.24) is 10.6 Å². The van der Waals surface area contributed by atoms with Crippen molar-refractivity contribution in [3.05, 3.63) is 0 Å². The number of carbonyl (C=O) groups excluding carboxylic acids is 1. The van der Waals surface area contributed by atoms with Gasteiger partial charge in [0.2, 0.25) is 5.91 Å². The number of nitrogens with one attached hydrogen (secondary N) is 2. The molecule has 0 spiro atoms. The summed E-state index contributed by atoms with van der Waals surface area (Å²) in [7, 11) is 1.68. The van der Waals surface area contributed by atoms with Gasteiger partial charge in [-0.25, -0.2) is 0 Å². The molecule has 1 rings (SSSR count). The third-order valence-electron chi connectivity index (χ3n) is 3.38. The molecule has 0 aliphatic carbocycles. The van der Waals surface area contributed by atoms with E-state index in [4.69, 9.17) is 4.74 Å². The van der Waals surface area contributed by atoms with E-state index in [1.807, 2.05) is 13.8 Å². The SMILES string of the molecule is CNC(=O)C(C)(C)CN[C@H](C)[C@@H]1CCOC1. The maximum Gasteiger partial charge on any atom is 0.226 e. The summed E-state index contributed by atoms with van der Waals surface area (Å²) in [6.45, 7) is 8.49. The number of hydrogen-bond donors (Lipinski definition) is 2.